The number of hydrogen-bond acceptors (Lipinski definition) is 4. The van der Waals surface area contributed by atoms with E-state index in [0.717, 1.165) is 10.9 Å². The highest BCUT2D eigenvalue weighted by atomic mass is 16.5. The van der Waals surface area contributed by atoms with Crippen LogP contribution in [-0.4, -0.2) is 4.98 Å². The predicted octanol–water partition coefficient (Wildman–Crippen LogP) is 3.48. The molecule has 0 fully saturated rings. The minimum absolute atomic E-state index is 0.402. The largest absolute Gasteiger partial charge is 0.456 e. The summed E-state index contributed by atoms with van der Waals surface area (Å²) in [5, 5.41) is 9.84. The number of rotatable bonds is 2. The summed E-state index contributed by atoms with van der Waals surface area (Å²) >= 11 is 0. The van der Waals surface area contributed by atoms with Crippen molar-refractivity contribution in [1.82, 2.24) is 4.98 Å². The number of hydrogen-bond donors (Lipinski definition) is 1. The third-order valence-corrected chi connectivity index (χ3v) is 2.94. The van der Waals surface area contributed by atoms with Gasteiger partial charge in [-0.15, -0.1) is 0 Å². The predicted molar refractivity (Wildman–Crippen MR) is 77.4 cm³/mol. The molecular weight excluding hydrogens is 250 g/mol. The zero-order valence-corrected chi connectivity index (χ0v) is 10.6. The molecule has 0 atom stereocenters. The lowest BCUT2D eigenvalue weighted by Crippen LogP contribution is -1.92. The zero-order valence-electron chi connectivity index (χ0n) is 10.6. The van der Waals surface area contributed by atoms with E-state index in [0.29, 0.717) is 22.7 Å². The van der Waals surface area contributed by atoms with E-state index in [1.807, 2.05) is 36.4 Å². The maximum Gasteiger partial charge on any atom is 0.146 e. The first-order valence-electron chi connectivity index (χ1n) is 6.08. The van der Waals surface area contributed by atoms with Crippen LogP contribution >= 0.6 is 0 Å². The molecule has 0 spiro atoms. The molecule has 0 amide bonds. The first-order valence-corrected chi connectivity index (χ1v) is 6.08. The van der Waals surface area contributed by atoms with Crippen molar-refractivity contribution in [2.45, 2.75) is 0 Å². The number of aromatic nitrogens is 1. The number of nitrogens with zero attached hydrogens (tertiary/aromatic N) is 2. The molecule has 2 aromatic carbocycles. The molecule has 4 heteroatoms. The number of anilines is 1. The molecule has 0 aliphatic carbocycles. The van der Waals surface area contributed by atoms with Crippen molar-refractivity contribution in [2.24, 2.45) is 0 Å². The lowest BCUT2D eigenvalue weighted by atomic mass is 10.2. The van der Waals surface area contributed by atoms with Gasteiger partial charge in [0.1, 0.15) is 17.6 Å². The minimum atomic E-state index is 0.402. The second-order valence-electron chi connectivity index (χ2n) is 4.33. The zero-order chi connectivity index (χ0) is 13.9. The van der Waals surface area contributed by atoms with E-state index in [1.54, 1.807) is 24.4 Å². The Bertz CT molecular complexity index is 821. The molecule has 3 rings (SSSR count). The summed E-state index contributed by atoms with van der Waals surface area (Å²) in [4.78, 5) is 4.32. The van der Waals surface area contributed by atoms with E-state index in [2.05, 4.69) is 4.98 Å². The summed E-state index contributed by atoms with van der Waals surface area (Å²) in [6.45, 7) is 0. The number of nitrogen functional groups attached to an aromatic ring is 1. The quantitative estimate of drug-likeness (QED) is 0.717. The first-order chi connectivity index (χ1) is 9.76. The van der Waals surface area contributed by atoms with Gasteiger partial charge < -0.3 is 10.5 Å². The number of benzene rings is 2. The van der Waals surface area contributed by atoms with Gasteiger partial charge in [0.25, 0.3) is 0 Å². The molecule has 0 unspecified atom stereocenters. The fourth-order valence-corrected chi connectivity index (χ4v) is 1.95. The van der Waals surface area contributed by atoms with Crippen LogP contribution in [0.15, 0.2) is 54.7 Å². The van der Waals surface area contributed by atoms with Crippen LogP contribution in [0.25, 0.3) is 10.9 Å². The molecule has 0 radical (unpaired) electrons. The minimum Gasteiger partial charge on any atom is -0.456 e. The Morgan fingerprint density at radius 2 is 1.90 bits per heavy atom. The third-order valence-electron chi connectivity index (χ3n) is 2.94. The normalized spacial score (nSPS) is 10.2. The average molecular weight is 261 g/mol. The number of nitriles is 1. The van der Waals surface area contributed by atoms with E-state index in [1.165, 1.54) is 0 Å². The van der Waals surface area contributed by atoms with Gasteiger partial charge in [-0.1, -0.05) is 18.2 Å². The average Bonchev–Trinajstić information content (AvgIpc) is 2.47. The molecule has 3 aromatic rings. The van der Waals surface area contributed by atoms with Gasteiger partial charge in [0.2, 0.25) is 0 Å². The number of pyridine rings is 1. The molecule has 0 aliphatic rings. The second-order valence-corrected chi connectivity index (χ2v) is 4.33. The summed E-state index contributed by atoms with van der Waals surface area (Å²) in [6.07, 6.45) is 1.66. The third kappa shape index (κ3) is 2.25. The van der Waals surface area contributed by atoms with Crippen LogP contribution in [0.4, 0.5) is 5.69 Å². The fourth-order valence-electron chi connectivity index (χ4n) is 1.95. The van der Waals surface area contributed by atoms with Crippen molar-refractivity contribution in [3.8, 4) is 17.6 Å². The monoisotopic (exact) mass is 261 g/mol. The summed E-state index contributed by atoms with van der Waals surface area (Å²) in [5.41, 5.74) is 7.51. The van der Waals surface area contributed by atoms with Crippen LogP contribution in [0.2, 0.25) is 0 Å². The molecule has 0 saturated heterocycles. The first kappa shape index (κ1) is 12.0. The number of nitrogens with two attached hydrogens (primary N) is 1. The van der Waals surface area contributed by atoms with E-state index in [4.69, 9.17) is 15.7 Å². The summed E-state index contributed by atoms with van der Waals surface area (Å²) in [7, 11) is 0. The highest BCUT2D eigenvalue weighted by Crippen LogP contribution is 2.26. The SMILES string of the molecule is N#Cc1ccc(Oc2cnc3ccccc3c2)cc1N. The van der Waals surface area contributed by atoms with Gasteiger partial charge in [-0.3, -0.25) is 4.98 Å². The van der Waals surface area contributed by atoms with Gasteiger partial charge in [-0.05, 0) is 24.3 Å². The summed E-state index contributed by atoms with van der Waals surface area (Å²) in [6, 6.07) is 16.7. The molecule has 96 valence electrons. The van der Waals surface area contributed by atoms with Crippen molar-refractivity contribution < 1.29 is 4.74 Å². The molecule has 20 heavy (non-hydrogen) atoms. The van der Waals surface area contributed by atoms with Crippen molar-refractivity contribution in [3.05, 3.63) is 60.3 Å². The van der Waals surface area contributed by atoms with Crippen molar-refractivity contribution >= 4 is 16.6 Å². The van der Waals surface area contributed by atoms with Crippen molar-refractivity contribution in [1.29, 1.82) is 5.26 Å². The van der Waals surface area contributed by atoms with Crippen LogP contribution in [-0.2, 0) is 0 Å². The molecule has 0 saturated carbocycles. The van der Waals surface area contributed by atoms with Crippen molar-refractivity contribution in [3.63, 3.8) is 0 Å². The molecule has 0 aliphatic heterocycles. The highest BCUT2D eigenvalue weighted by Gasteiger charge is 2.03. The van der Waals surface area contributed by atoms with Crippen LogP contribution in [0.3, 0.4) is 0 Å². The molecule has 4 nitrogen and oxygen atoms in total. The van der Waals surface area contributed by atoms with Gasteiger partial charge in [0.05, 0.1) is 23.0 Å². The van der Waals surface area contributed by atoms with Gasteiger partial charge in [-0.2, -0.15) is 5.26 Å². The van der Waals surface area contributed by atoms with E-state index < -0.39 is 0 Å². The van der Waals surface area contributed by atoms with Gasteiger partial charge in [-0.25, -0.2) is 0 Å². The fraction of sp³-hybridized carbons (Fsp3) is 0. The molecule has 1 heterocycles. The van der Waals surface area contributed by atoms with E-state index >= 15 is 0 Å². The topological polar surface area (TPSA) is 71.9 Å². The lowest BCUT2D eigenvalue weighted by Gasteiger charge is -2.07. The number of para-hydroxylation sites is 1. The molecule has 2 N–H and O–H groups in total. The van der Waals surface area contributed by atoms with E-state index in [-0.39, 0.29) is 0 Å². The van der Waals surface area contributed by atoms with Gasteiger partial charge in [0.15, 0.2) is 0 Å². The Morgan fingerprint density at radius 1 is 1.05 bits per heavy atom. The summed E-state index contributed by atoms with van der Waals surface area (Å²) in [5.74, 6) is 1.21. The number of ether oxygens (including phenoxy) is 1. The lowest BCUT2D eigenvalue weighted by molar-refractivity contribution is 0.481. The Hall–Kier alpha value is -3.06. The van der Waals surface area contributed by atoms with E-state index in [9.17, 15) is 0 Å². The molecular formula is C16H11N3O. The second kappa shape index (κ2) is 4.90. The summed E-state index contributed by atoms with van der Waals surface area (Å²) < 4.78 is 5.71. The van der Waals surface area contributed by atoms with Gasteiger partial charge in [0, 0.05) is 11.5 Å². The Kier molecular flexibility index (Phi) is 2.94. The Morgan fingerprint density at radius 3 is 2.70 bits per heavy atom. The standard InChI is InChI=1S/C16H11N3O/c17-9-12-5-6-13(8-15(12)18)20-14-7-11-3-1-2-4-16(11)19-10-14/h1-8,10H,18H2. The molecule has 0 bridgehead atoms. The maximum atomic E-state index is 8.84. The van der Waals surface area contributed by atoms with Crippen LogP contribution in [0, 0.1) is 11.3 Å². The Labute approximate surface area is 116 Å². The number of fused-ring (bicyclic) bond motifs is 1. The van der Waals surface area contributed by atoms with Crippen LogP contribution < -0.4 is 10.5 Å². The smallest absolute Gasteiger partial charge is 0.146 e. The van der Waals surface area contributed by atoms with Crippen molar-refractivity contribution in [2.75, 3.05) is 5.73 Å². The van der Waals surface area contributed by atoms with Gasteiger partial charge >= 0.3 is 0 Å². The molecule has 1 aromatic heterocycles. The Balaban J connectivity index is 1.93. The maximum absolute atomic E-state index is 8.84. The van der Waals surface area contributed by atoms with Crippen LogP contribution in [0.1, 0.15) is 5.56 Å². The van der Waals surface area contributed by atoms with Crippen LogP contribution in [0.5, 0.6) is 11.5 Å². The highest BCUT2D eigenvalue weighted by molar-refractivity contribution is 5.79.